The minimum atomic E-state index is 0.235. The Labute approximate surface area is 127 Å². The Morgan fingerprint density at radius 3 is 2.29 bits per heavy atom. The van der Waals surface area contributed by atoms with Gasteiger partial charge < -0.3 is 5.73 Å². The third-order valence-electron chi connectivity index (χ3n) is 2.89. The molecule has 0 fully saturated rings. The van der Waals surface area contributed by atoms with Crippen molar-refractivity contribution in [3.8, 4) is 11.4 Å². The fourth-order valence-electron chi connectivity index (χ4n) is 1.85. The first-order valence-corrected chi connectivity index (χ1v) is 7.34. The predicted octanol–water partition coefficient (Wildman–Crippen LogP) is 3.58. The third-order valence-corrected chi connectivity index (χ3v) is 3.77. The Balaban J connectivity index is 1.93. The summed E-state index contributed by atoms with van der Waals surface area (Å²) in [6.07, 6.45) is 0. The molecule has 3 aromatic rings. The highest BCUT2D eigenvalue weighted by molar-refractivity contribution is 7.99. The van der Waals surface area contributed by atoms with Gasteiger partial charge in [-0.25, -0.2) is 4.98 Å². The number of aromatic nitrogens is 3. The molecule has 0 saturated heterocycles. The van der Waals surface area contributed by atoms with Gasteiger partial charge in [-0.05, 0) is 30.8 Å². The van der Waals surface area contributed by atoms with E-state index in [1.165, 1.54) is 17.3 Å². The summed E-state index contributed by atoms with van der Waals surface area (Å²) in [6, 6.07) is 18.0. The van der Waals surface area contributed by atoms with E-state index < -0.39 is 0 Å². The number of hydrogen-bond acceptors (Lipinski definition) is 5. The van der Waals surface area contributed by atoms with Gasteiger partial charge in [-0.1, -0.05) is 48.0 Å². The van der Waals surface area contributed by atoms with Gasteiger partial charge in [-0.15, -0.1) is 0 Å². The van der Waals surface area contributed by atoms with Gasteiger partial charge in [0.05, 0.1) is 0 Å². The van der Waals surface area contributed by atoms with Gasteiger partial charge >= 0.3 is 0 Å². The number of rotatable bonds is 3. The molecular weight excluding hydrogens is 280 g/mol. The molecule has 1 heterocycles. The first kappa shape index (κ1) is 13.6. The summed E-state index contributed by atoms with van der Waals surface area (Å²) in [4.78, 5) is 14.0. The summed E-state index contributed by atoms with van der Waals surface area (Å²) in [5.41, 5.74) is 7.95. The van der Waals surface area contributed by atoms with Crippen LogP contribution in [-0.4, -0.2) is 15.0 Å². The maximum atomic E-state index is 5.80. The Morgan fingerprint density at radius 1 is 0.857 bits per heavy atom. The highest BCUT2D eigenvalue weighted by atomic mass is 32.2. The van der Waals surface area contributed by atoms with Crippen molar-refractivity contribution in [3.05, 3.63) is 60.2 Å². The average Bonchev–Trinajstić information content (AvgIpc) is 2.50. The second-order valence-corrected chi connectivity index (χ2v) is 5.62. The van der Waals surface area contributed by atoms with Gasteiger partial charge in [0.15, 0.2) is 11.0 Å². The maximum Gasteiger partial charge on any atom is 0.224 e. The molecule has 0 radical (unpaired) electrons. The summed E-state index contributed by atoms with van der Waals surface area (Å²) in [5.74, 6) is 0.830. The summed E-state index contributed by atoms with van der Waals surface area (Å²) in [7, 11) is 0. The number of nitrogens with two attached hydrogens (primary N) is 1. The third kappa shape index (κ3) is 3.38. The molecule has 0 saturated carbocycles. The summed E-state index contributed by atoms with van der Waals surface area (Å²) >= 11 is 1.48. The highest BCUT2D eigenvalue weighted by Crippen LogP contribution is 2.26. The van der Waals surface area contributed by atoms with E-state index in [0.717, 1.165) is 10.5 Å². The lowest BCUT2D eigenvalue weighted by atomic mass is 10.2. The van der Waals surface area contributed by atoms with E-state index in [9.17, 15) is 0 Å². The molecule has 0 unspecified atom stereocenters. The first-order chi connectivity index (χ1) is 10.2. The molecule has 0 aliphatic heterocycles. The van der Waals surface area contributed by atoms with Gasteiger partial charge in [0.1, 0.15) is 0 Å². The second-order valence-electron chi connectivity index (χ2n) is 4.58. The van der Waals surface area contributed by atoms with Crippen LogP contribution in [0.5, 0.6) is 0 Å². The zero-order valence-electron chi connectivity index (χ0n) is 11.5. The van der Waals surface area contributed by atoms with Crippen molar-refractivity contribution in [1.82, 2.24) is 15.0 Å². The minimum Gasteiger partial charge on any atom is -0.368 e. The Kier molecular flexibility index (Phi) is 3.83. The number of anilines is 1. The van der Waals surface area contributed by atoms with E-state index in [4.69, 9.17) is 5.73 Å². The van der Waals surface area contributed by atoms with Crippen LogP contribution >= 0.6 is 11.8 Å². The van der Waals surface area contributed by atoms with Crippen molar-refractivity contribution in [2.75, 3.05) is 5.73 Å². The van der Waals surface area contributed by atoms with Crippen molar-refractivity contribution >= 4 is 17.7 Å². The molecule has 104 valence electrons. The van der Waals surface area contributed by atoms with Crippen LogP contribution in [0.2, 0.25) is 0 Å². The van der Waals surface area contributed by atoms with Crippen LogP contribution in [-0.2, 0) is 0 Å². The molecule has 5 heteroatoms. The molecule has 0 bridgehead atoms. The molecule has 0 amide bonds. The van der Waals surface area contributed by atoms with Gasteiger partial charge in [-0.2, -0.15) is 9.97 Å². The van der Waals surface area contributed by atoms with Crippen LogP contribution in [0.4, 0.5) is 5.95 Å². The number of hydrogen-bond donors (Lipinski definition) is 1. The van der Waals surface area contributed by atoms with Crippen molar-refractivity contribution in [3.63, 3.8) is 0 Å². The molecule has 1 aromatic heterocycles. The van der Waals surface area contributed by atoms with Crippen LogP contribution in [0.15, 0.2) is 64.6 Å². The van der Waals surface area contributed by atoms with E-state index >= 15 is 0 Å². The van der Waals surface area contributed by atoms with Crippen molar-refractivity contribution < 1.29 is 0 Å². The molecule has 2 N–H and O–H groups in total. The SMILES string of the molecule is Cc1ccc(Sc2nc(N)nc(-c3ccccc3)n2)cc1. The smallest absolute Gasteiger partial charge is 0.224 e. The second kappa shape index (κ2) is 5.93. The number of nitrogens with zero attached hydrogens (tertiary/aromatic N) is 3. The fourth-order valence-corrected chi connectivity index (χ4v) is 2.60. The number of aryl methyl sites for hydroxylation is 1. The Morgan fingerprint density at radius 2 is 1.57 bits per heavy atom. The Bertz CT molecular complexity index is 742. The van der Waals surface area contributed by atoms with Crippen molar-refractivity contribution in [2.45, 2.75) is 17.0 Å². The van der Waals surface area contributed by atoms with E-state index in [0.29, 0.717) is 11.0 Å². The van der Waals surface area contributed by atoms with Crippen LogP contribution in [0.25, 0.3) is 11.4 Å². The molecule has 21 heavy (non-hydrogen) atoms. The zero-order chi connectivity index (χ0) is 14.7. The quantitative estimate of drug-likeness (QED) is 0.800. The highest BCUT2D eigenvalue weighted by Gasteiger charge is 2.08. The summed E-state index contributed by atoms with van der Waals surface area (Å²) in [5, 5.41) is 0.602. The van der Waals surface area contributed by atoms with Crippen LogP contribution in [0.3, 0.4) is 0 Å². The lowest BCUT2D eigenvalue weighted by Gasteiger charge is -2.05. The van der Waals surface area contributed by atoms with E-state index in [1.807, 2.05) is 42.5 Å². The Hall–Kier alpha value is -2.40. The minimum absolute atomic E-state index is 0.235. The molecule has 3 rings (SSSR count). The van der Waals surface area contributed by atoms with E-state index in [2.05, 4.69) is 34.0 Å². The topological polar surface area (TPSA) is 64.7 Å². The molecule has 0 spiro atoms. The van der Waals surface area contributed by atoms with E-state index in [1.54, 1.807) is 0 Å². The van der Waals surface area contributed by atoms with Gasteiger partial charge in [0, 0.05) is 10.5 Å². The predicted molar refractivity (Wildman–Crippen MR) is 85.0 cm³/mol. The molecule has 2 aromatic carbocycles. The van der Waals surface area contributed by atoms with Gasteiger partial charge in [0.25, 0.3) is 0 Å². The normalized spacial score (nSPS) is 10.5. The summed E-state index contributed by atoms with van der Waals surface area (Å²) < 4.78 is 0. The fraction of sp³-hybridized carbons (Fsp3) is 0.0625. The number of benzene rings is 2. The monoisotopic (exact) mass is 294 g/mol. The number of nitrogen functional groups attached to an aromatic ring is 1. The van der Waals surface area contributed by atoms with Gasteiger partial charge in [0.2, 0.25) is 5.95 Å². The standard InChI is InChI=1S/C16H14N4S/c1-11-7-9-13(10-8-11)21-16-19-14(18-15(17)20-16)12-5-3-2-4-6-12/h2-10H,1H3,(H2,17,18,19,20). The first-order valence-electron chi connectivity index (χ1n) is 6.52. The zero-order valence-corrected chi connectivity index (χ0v) is 12.3. The molecular formula is C16H14N4S. The van der Waals surface area contributed by atoms with E-state index in [-0.39, 0.29) is 5.95 Å². The largest absolute Gasteiger partial charge is 0.368 e. The maximum absolute atomic E-state index is 5.80. The van der Waals surface area contributed by atoms with Crippen LogP contribution < -0.4 is 5.73 Å². The summed E-state index contributed by atoms with van der Waals surface area (Å²) in [6.45, 7) is 2.06. The molecule has 4 nitrogen and oxygen atoms in total. The lowest BCUT2D eigenvalue weighted by Crippen LogP contribution is -2.01. The van der Waals surface area contributed by atoms with Crippen LogP contribution in [0, 0.1) is 6.92 Å². The molecule has 0 aliphatic carbocycles. The average molecular weight is 294 g/mol. The molecule has 0 atom stereocenters. The lowest BCUT2D eigenvalue weighted by molar-refractivity contribution is 0.925. The molecule has 0 aliphatic rings. The van der Waals surface area contributed by atoms with Gasteiger partial charge in [-0.3, -0.25) is 0 Å². The van der Waals surface area contributed by atoms with Crippen molar-refractivity contribution in [1.29, 1.82) is 0 Å². The van der Waals surface area contributed by atoms with Crippen LogP contribution in [0.1, 0.15) is 5.56 Å². The van der Waals surface area contributed by atoms with Crippen molar-refractivity contribution in [2.24, 2.45) is 0 Å².